The Kier molecular flexibility index (Phi) is 5.08. The highest BCUT2D eigenvalue weighted by Crippen LogP contribution is 2.33. The Bertz CT molecular complexity index is 609. The lowest BCUT2D eigenvalue weighted by atomic mass is 9.93. The molecule has 0 radical (unpaired) electrons. The number of nitrogens with one attached hydrogen (secondary N) is 1. The van der Waals surface area contributed by atoms with Crippen molar-refractivity contribution in [2.75, 3.05) is 26.5 Å². The van der Waals surface area contributed by atoms with Gasteiger partial charge in [-0.25, -0.2) is 0 Å². The largest absolute Gasteiger partial charge is 0.454 e. The molecule has 2 fully saturated rings. The van der Waals surface area contributed by atoms with Gasteiger partial charge < -0.3 is 24.4 Å². The summed E-state index contributed by atoms with van der Waals surface area (Å²) in [7, 11) is 0. The molecule has 1 saturated heterocycles. The summed E-state index contributed by atoms with van der Waals surface area (Å²) in [6.45, 7) is 2.88. The molecular weight excluding hydrogens is 320 g/mol. The van der Waals surface area contributed by atoms with Gasteiger partial charge in [0.2, 0.25) is 6.79 Å². The van der Waals surface area contributed by atoms with Gasteiger partial charge in [0, 0.05) is 25.7 Å². The number of benzene rings is 1. The Hall–Kier alpha value is -1.79. The van der Waals surface area contributed by atoms with E-state index in [1.807, 2.05) is 23.1 Å². The van der Waals surface area contributed by atoms with Crippen LogP contribution >= 0.6 is 0 Å². The summed E-state index contributed by atoms with van der Waals surface area (Å²) in [4.78, 5) is 15.2. The lowest BCUT2D eigenvalue weighted by molar-refractivity contribution is -0.149. The summed E-state index contributed by atoms with van der Waals surface area (Å²) >= 11 is 0. The second-order valence-electron chi connectivity index (χ2n) is 7.01. The van der Waals surface area contributed by atoms with E-state index in [4.69, 9.17) is 14.2 Å². The molecule has 0 spiro atoms. The summed E-state index contributed by atoms with van der Waals surface area (Å²) in [5, 5.41) is 3.26. The average molecular weight is 346 g/mol. The van der Waals surface area contributed by atoms with E-state index in [1.165, 1.54) is 19.3 Å². The van der Waals surface area contributed by atoms with E-state index < -0.39 is 0 Å². The van der Waals surface area contributed by atoms with Gasteiger partial charge in [-0.15, -0.1) is 0 Å². The van der Waals surface area contributed by atoms with Crippen LogP contribution < -0.4 is 14.8 Å². The maximum atomic E-state index is 13.1. The third-order valence-electron chi connectivity index (χ3n) is 5.29. The summed E-state index contributed by atoms with van der Waals surface area (Å²) in [6, 6.07) is 6.25. The first-order valence-electron chi connectivity index (χ1n) is 9.32. The second-order valence-corrected chi connectivity index (χ2v) is 7.01. The number of morpholine rings is 1. The predicted molar refractivity (Wildman–Crippen MR) is 92.6 cm³/mol. The quantitative estimate of drug-likeness (QED) is 0.904. The Morgan fingerprint density at radius 1 is 1.16 bits per heavy atom. The van der Waals surface area contributed by atoms with Gasteiger partial charge in [-0.3, -0.25) is 4.79 Å². The molecule has 1 amide bonds. The molecule has 0 aromatic heterocycles. The monoisotopic (exact) mass is 346 g/mol. The van der Waals surface area contributed by atoms with E-state index in [2.05, 4.69) is 5.32 Å². The Morgan fingerprint density at radius 3 is 2.80 bits per heavy atom. The van der Waals surface area contributed by atoms with Crippen molar-refractivity contribution in [3.8, 4) is 11.5 Å². The van der Waals surface area contributed by atoms with Crippen LogP contribution in [-0.2, 0) is 16.1 Å². The molecule has 4 rings (SSSR count). The molecule has 1 saturated carbocycles. The molecule has 2 aliphatic heterocycles. The minimum atomic E-state index is -0.371. The van der Waals surface area contributed by atoms with E-state index >= 15 is 0 Å². The standard InChI is InChI=1S/C19H26N2O4/c22-19(18-11-20-8-9-23-18)21(15-4-2-1-3-5-15)12-14-6-7-16-17(10-14)25-13-24-16/h6-7,10,15,18,20H,1-5,8-9,11-13H2. The zero-order valence-corrected chi connectivity index (χ0v) is 14.5. The molecule has 136 valence electrons. The third kappa shape index (κ3) is 3.75. The van der Waals surface area contributed by atoms with Crippen LogP contribution in [-0.4, -0.2) is 49.4 Å². The highest BCUT2D eigenvalue weighted by molar-refractivity contribution is 5.81. The van der Waals surface area contributed by atoms with Gasteiger partial charge in [0.1, 0.15) is 6.10 Å². The molecule has 1 aromatic rings. The molecule has 1 unspecified atom stereocenters. The summed E-state index contributed by atoms with van der Waals surface area (Å²) in [6.07, 6.45) is 5.44. The second kappa shape index (κ2) is 7.62. The van der Waals surface area contributed by atoms with Crippen molar-refractivity contribution in [3.63, 3.8) is 0 Å². The maximum absolute atomic E-state index is 13.1. The van der Waals surface area contributed by atoms with Crippen molar-refractivity contribution in [1.29, 1.82) is 0 Å². The van der Waals surface area contributed by atoms with Crippen LogP contribution in [0.5, 0.6) is 11.5 Å². The number of nitrogens with zero attached hydrogens (tertiary/aromatic N) is 1. The highest BCUT2D eigenvalue weighted by atomic mass is 16.7. The van der Waals surface area contributed by atoms with Gasteiger partial charge in [-0.1, -0.05) is 25.3 Å². The first-order chi connectivity index (χ1) is 12.3. The number of amides is 1. The lowest BCUT2D eigenvalue weighted by Crippen LogP contribution is -2.52. The first kappa shape index (κ1) is 16.7. The number of carbonyl (C=O) groups excluding carboxylic acids is 1. The van der Waals surface area contributed by atoms with Crippen LogP contribution in [0.1, 0.15) is 37.7 Å². The third-order valence-corrected chi connectivity index (χ3v) is 5.29. The lowest BCUT2D eigenvalue weighted by Gasteiger charge is -2.37. The molecule has 0 bridgehead atoms. The maximum Gasteiger partial charge on any atom is 0.253 e. The average Bonchev–Trinajstić information content (AvgIpc) is 3.15. The normalized spacial score (nSPS) is 23.4. The topological polar surface area (TPSA) is 60.0 Å². The molecule has 1 aliphatic carbocycles. The SMILES string of the molecule is O=C(C1CNCCO1)N(Cc1ccc2c(c1)OCO2)C1CCCCC1. The Balaban J connectivity index is 1.52. The van der Waals surface area contributed by atoms with E-state index in [0.717, 1.165) is 36.4 Å². The molecule has 2 heterocycles. The minimum Gasteiger partial charge on any atom is -0.454 e. The van der Waals surface area contributed by atoms with E-state index in [1.54, 1.807) is 0 Å². The van der Waals surface area contributed by atoms with Gasteiger partial charge >= 0.3 is 0 Å². The zero-order valence-electron chi connectivity index (χ0n) is 14.5. The van der Waals surface area contributed by atoms with E-state index in [9.17, 15) is 4.79 Å². The van der Waals surface area contributed by atoms with Crippen LogP contribution in [0.25, 0.3) is 0 Å². The van der Waals surface area contributed by atoms with Gasteiger partial charge in [-0.2, -0.15) is 0 Å². The fourth-order valence-electron chi connectivity index (χ4n) is 3.92. The van der Waals surface area contributed by atoms with Crippen LogP contribution in [0.2, 0.25) is 0 Å². The molecule has 25 heavy (non-hydrogen) atoms. The van der Waals surface area contributed by atoms with Crippen LogP contribution in [0.4, 0.5) is 0 Å². The van der Waals surface area contributed by atoms with E-state index in [0.29, 0.717) is 25.7 Å². The van der Waals surface area contributed by atoms with Gasteiger partial charge in [-0.05, 0) is 30.5 Å². The zero-order chi connectivity index (χ0) is 17.1. The van der Waals surface area contributed by atoms with Crippen LogP contribution in [0, 0.1) is 0 Å². The number of rotatable bonds is 4. The molecule has 1 N–H and O–H groups in total. The van der Waals surface area contributed by atoms with E-state index in [-0.39, 0.29) is 18.8 Å². The Morgan fingerprint density at radius 2 is 2.00 bits per heavy atom. The summed E-state index contributed by atoms with van der Waals surface area (Å²) in [5.74, 6) is 1.65. The van der Waals surface area contributed by atoms with Crippen molar-refractivity contribution in [2.45, 2.75) is 50.8 Å². The molecule has 1 aromatic carbocycles. The minimum absolute atomic E-state index is 0.108. The summed E-state index contributed by atoms with van der Waals surface area (Å²) in [5.41, 5.74) is 1.08. The van der Waals surface area contributed by atoms with Crippen LogP contribution in [0.15, 0.2) is 18.2 Å². The first-order valence-corrected chi connectivity index (χ1v) is 9.32. The van der Waals surface area contributed by atoms with Gasteiger partial charge in [0.05, 0.1) is 6.61 Å². The van der Waals surface area contributed by atoms with Crippen molar-refractivity contribution < 1.29 is 19.0 Å². The number of fused-ring (bicyclic) bond motifs is 1. The number of carbonyl (C=O) groups is 1. The summed E-state index contributed by atoms with van der Waals surface area (Å²) < 4.78 is 16.6. The highest BCUT2D eigenvalue weighted by Gasteiger charge is 2.32. The molecule has 3 aliphatic rings. The van der Waals surface area contributed by atoms with Crippen LogP contribution in [0.3, 0.4) is 0 Å². The number of hydrogen-bond donors (Lipinski definition) is 1. The fourth-order valence-corrected chi connectivity index (χ4v) is 3.92. The van der Waals surface area contributed by atoms with Gasteiger partial charge in [0.15, 0.2) is 11.5 Å². The van der Waals surface area contributed by atoms with Gasteiger partial charge in [0.25, 0.3) is 5.91 Å². The smallest absolute Gasteiger partial charge is 0.253 e. The van der Waals surface area contributed by atoms with Crippen molar-refractivity contribution in [3.05, 3.63) is 23.8 Å². The molecular formula is C19H26N2O4. The number of hydrogen-bond acceptors (Lipinski definition) is 5. The van der Waals surface area contributed by atoms with Crippen molar-refractivity contribution in [2.24, 2.45) is 0 Å². The fraction of sp³-hybridized carbons (Fsp3) is 0.632. The molecule has 6 heteroatoms. The number of ether oxygens (including phenoxy) is 3. The van der Waals surface area contributed by atoms with Crippen molar-refractivity contribution >= 4 is 5.91 Å². The predicted octanol–water partition coefficient (Wildman–Crippen LogP) is 2.06. The van der Waals surface area contributed by atoms with Crippen molar-refractivity contribution in [1.82, 2.24) is 10.2 Å². The molecule has 1 atom stereocenters. The molecule has 6 nitrogen and oxygen atoms in total. The Labute approximate surface area is 148 Å².